The van der Waals surface area contributed by atoms with Crippen LogP contribution in [0.3, 0.4) is 0 Å². The molecule has 0 aliphatic heterocycles. The van der Waals surface area contributed by atoms with Gasteiger partial charge in [0.05, 0.1) is 0 Å². The molecular formula is C5H7NaO7. The zero-order chi connectivity index (χ0) is 9.72. The van der Waals surface area contributed by atoms with Crippen LogP contribution in [0.5, 0.6) is 0 Å². The van der Waals surface area contributed by atoms with Crippen LogP contribution in [0, 0.1) is 0 Å². The van der Waals surface area contributed by atoms with E-state index >= 15 is 0 Å². The molecule has 0 aromatic rings. The molecule has 0 spiro atoms. The second kappa shape index (κ2) is 6.84. The predicted molar refractivity (Wildman–Crippen MR) is 39.8 cm³/mol. The zero-order valence-electron chi connectivity index (χ0n) is 5.76. The van der Waals surface area contributed by atoms with Crippen LogP contribution in [-0.4, -0.2) is 75.5 Å². The Morgan fingerprint density at radius 1 is 1.08 bits per heavy atom. The SMILES string of the molecule is O=C(O)COC(C(=O)O)C(=O)O.[NaH]. The summed E-state index contributed by atoms with van der Waals surface area (Å²) in [5.41, 5.74) is 0. The molecule has 70 valence electrons. The van der Waals surface area contributed by atoms with Gasteiger partial charge in [-0.25, -0.2) is 14.4 Å². The van der Waals surface area contributed by atoms with E-state index in [9.17, 15) is 14.4 Å². The van der Waals surface area contributed by atoms with Gasteiger partial charge in [-0.3, -0.25) is 0 Å². The van der Waals surface area contributed by atoms with Crippen LogP contribution >= 0.6 is 0 Å². The molecular weight excluding hydrogens is 195 g/mol. The van der Waals surface area contributed by atoms with Crippen molar-refractivity contribution in [3.05, 3.63) is 0 Å². The van der Waals surface area contributed by atoms with Gasteiger partial charge in [-0.2, -0.15) is 0 Å². The van der Waals surface area contributed by atoms with Crippen LogP contribution in [0.4, 0.5) is 0 Å². The topological polar surface area (TPSA) is 121 Å². The van der Waals surface area contributed by atoms with Gasteiger partial charge in [0.1, 0.15) is 6.61 Å². The molecule has 0 bridgehead atoms. The average Bonchev–Trinajstić information content (AvgIpc) is 1.84. The molecule has 0 aromatic carbocycles. The van der Waals surface area contributed by atoms with Crippen molar-refractivity contribution < 1.29 is 34.4 Å². The van der Waals surface area contributed by atoms with E-state index in [-0.39, 0.29) is 29.6 Å². The molecule has 0 aliphatic rings. The molecule has 7 nitrogen and oxygen atoms in total. The first-order valence-corrected chi connectivity index (χ1v) is 2.74. The second-order valence-electron chi connectivity index (χ2n) is 1.76. The fraction of sp³-hybridized carbons (Fsp3) is 0.400. The van der Waals surface area contributed by atoms with Gasteiger partial charge in [-0.15, -0.1) is 0 Å². The van der Waals surface area contributed by atoms with Crippen molar-refractivity contribution in [3.63, 3.8) is 0 Å². The van der Waals surface area contributed by atoms with Gasteiger partial charge in [-0.1, -0.05) is 0 Å². The first-order chi connectivity index (χ1) is 5.45. The van der Waals surface area contributed by atoms with E-state index in [4.69, 9.17) is 15.3 Å². The van der Waals surface area contributed by atoms with Gasteiger partial charge < -0.3 is 20.1 Å². The van der Waals surface area contributed by atoms with Crippen molar-refractivity contribution in [1.29, 1.82) is 0 Å². The second-order valence-corrected chi connectivity index (χ2v) is 1.76. The number of carboxylic acid groups (broad SMARTS) is 3. The van der Waals surface area contributed by atoms with Crippen LogP contribution in [0.1, 0.15) is 0 Å². The quantitative estimate of drug-likeness (QED) is 0.347. The normalized spacial score (nSPS) is 9.00. The standard InChI is InChI=1S/C5H6O7.Na.H/c6-2(7)1-12-3(4(8)9)5(10)11;;/h3H,1H2,(H,6,7)(H,8,9)(H,10,11);;. The number of hydrogen-bond donors (Lipinski definition) is 3. The first-order valence-electron chi connectivity index (χ1n) is 2.74. The Labute approximate surface area is 94.6 Å². The number of ether oxygens (including phenoxy) is 1. The van der Waals surface area contributed by atoms with E-state index in [0.29, 0.717) is 0 Å². The van der Waals surface area contributed by atoms with Crippen LogP contribution in [0.2, 0.25) is 0 Å². The Kier molecular flexibility index (Phi) is 7.82. The van der Waals surface area contributed by atoms with E-state index in [1.807, 2.05) is 0 Å². The maximum absolute atomic E-state index is 10.1. The van der Waals surface area contributed by atoms with Gasteiger partial charge >= 0.3 is 47.5 Å². The number of carbonyl (C=O) groups is 3. The summed E-state index contributed by atoms with van der Waals surface area (Å²) in [7, 11) is 0. The Morgan fingerprint density at radius 2 is 1.46 bits per heavy atom. The van der Waals surface area contributed by atoms with Crippen molar-refractivity contribution in [2.24, 2.45) is 0 Å². The van der Waals surface area contributed by atoms with Crippen molar-refractivity contribution in [2.45, 2.75) is 6.10 Å². The molecule has 13 heavy (non-hydrogen) atoms. The van der Waals surface area contributed by atoms with E-state index in [1.165, 1.54) is 0 Å². The van der Waals surface area contributed by atoms with Crippen LogP contribution < -0.4 is 0 Å². The Bertz CT molecular complexity index is 199. The van der Waals surface area contributed by atoms with Crippen LogP contribution in [0.15, 0.2) is 0 Å². The number of rotatable bonds is 5. The third-order valence-corrected chi connectivity index (χ3v) is 0.822. The fourth-order valence-electron chi connectivity index (χ4n) is 0.403. The molecule has 0 saturated heterocycles. The van der Waals surface area contributed by atoms with Crippen LogP contribution in [0.25, 0.3) is 0 Å². The van der Waals surface area contributed by atoms with Crippen molar-refractivity contribution >= 4 is 47.5 Å². The maximum atomic E-state index is 10.1. The van der Waals surface area contributed by atoms with E-state index in [1.54, 1.807) is 0 Å². The minimum absolute atomic E-state index is 0. The first kappa shape index (κ1) is 14.9. The summed E-state index contributed by atoms with van der Waals surface area (Å²) in [5.74, 6) is -4.89. The molecule has 0 unspecified atom stereocenters. The van der Waals surface area contributed by atoms with Crippen molar-refractivity contribution in [3.8, 4) is 0 Å². The van der Waals surface area contributed by atoms with E-state index in [0.717, 1.165) is 0 Å². The molecule has 0 rings (SSSR count). The van der Waals surface area contributed by atoms with Gasteiger partial charge in [0.25, 0.3) is 6.10 Å². The molecule has 0 saturated carbocycles. The molecule has 0 atom stereocenters. The van der Waals surface area contributed by atoms with Crippen molar-refractivity contribution in [1.82, 2.24) is 0 Å². The number of hydrogen-bond acceptors (Lipinski definition) is 4. The predicted octanol–water partition coefficient (Wildman–Crippen LogP) is -2.02. The van der Waals surface area contributed by atoms with E-state index < -0.39 is 30.6 Å². The summed E-state index contributed by atoms with van der Waals surface area (Å²) in [6, 6.07) is 0. The third kappa shape index (κ3) is 6.52. The summed E-state index contributed by atoms with van der Waals surface area (Å²) in [5, 5.41) is 24.3. The summed E-state index contributed by atoms with van der Waals surface area (Å²) in [4.78, 5) is 29.9. The Balaban J connectivity index is 0. The van der Waals surface area contributed by atoms with Crippen LogP contribution in [-0.2, 0) is 19.1 Å². The summed E-state index contributed by atoms with van der Waals surface area (Å²) in [6.45, 7) is -0.955. The molecule has 8 heteroatoms. The number of aliphatic carboxylic acids is 3. The summed E-state index contributed by atoms with van der Waals surface area (Å²) >= 11 is 0. The third-order valence-electron chi connectivity index (χ3n) is 0.822. The molecule has 3 N–H and O–H groups in total. The van der Waals surface area contributed by atoms with Gasteiger partial charge in [-0.05, 0) is 0 Å². The summed E-state index contributed by atoms with van der Waals surface area (Å²) < 4.78 is 4.03. The van der Waals surface area contributed by atoms with Crippen molar-refractivity contribution in [2.75, 3.05) is 6.61 Å². The molecule has 0 radical (unpaired) electrons. The van der Waals surface area contributed by atoms with E-state index in [2.05, 4.69) is 4.74 Å². The molecule has 0 aromatic heterocycles. The fourth-order valence-corrected chi connectivity index (χ4v) is 0.403. The van der Waals surface area contributed by atoms with Gasteiger partial charge in [0, 0.05) is 0 Å². The average molecular weight is 202 g/mol. The van der Waals surface area contributed by atoms with Gasteiger partial charge in [0.15, 0.2) is 0 Å². The zero-order valence-corrected chi connectivity index (χ0v) is 5.76. The number of carboxylic acids is 3. The molecule has 0 fully saturated rings. The minimum atomic E-state index is -2.12. The molecule has 0 amide bonds. The Hall–Kier alpha value is -0.630. The molecule has 0 heterocycles. The summed E-state index contributed by atoms with van der Waals surface area (Å²) in [6.07, 6.45) is -2.12. The van der Waals surface area contributed by atoms with Gasteiger partial charge in [0.2, 0.25) is 0 Å². The Morgan fingerprint density at radius 3 is 1.69 bits per heavy atom. The molecule has 0 aliphatic carbocycles. The monoisotopic (exact) mass is 202 g/mol.